The molecule has 3 rings (SSSR count). The van der Waals surface area contributed by atoms with E-state index >= 15 is 0 Å². The number of nitrogens with two attached hydrogens (primary N) is 1. The van der Waals surface area contributed by atoms with Gasteiger partial charge in [-0.3, -0.25) is 4.79 Å². The molecule has 1 aliphatic heterocycles. The van der Waals surface area contributed by atoms with E-state index in [2.05, 4.69) is 22.2 Å². The van der Waals surface area contributed by atoms with E-state index in [1.165, 1.54) is 12.1 Å². The van der Waals surface area contributed by atoms with Gasteiger partial charge in [-0.2, -0.15) is 0 Å². The number of piperazine rings is 1. The number of rotatable bonds is 4. The molecule has 138 valence electrons. The Morgan fingerprint density at radius 3 is 2.52 bits per heavy atom. The Morgan fingerprint density at radius 2 is 1.88 bits per heavy atom. The average molecular weight is 348 g/mol. The average Bonchev–Trinajstić information content (AvgIpc) is 3.04. The van der Waals surface area contributed by atoms with Gasteiger partial charge in [0.2, 0.25) is 5.91 Å². The Morgan fingerprint density at radius 1 is 1.24 bits per heavy atom. The molecule has 1 aliphatic carbocycles. The molecule has 0 radical (unpaired) electrons. The Hall–Kier alpha value is -1.66. The Kier molecular flexibility index (Phi) is 5.29. The number of nitrogens with one attached hydrogen (secondary N) is 1. The van der Waals surface area contributed by atoms with Crippen LogP contribution in [-0.4, -0.2) is 49.6 Å². The lowest BCUT2D eigenvalue weighted by atomic mass is 9.96. The van der Waals surface area contributed by atoms with Gasteiger partial charge >= 0.3 is 0 Å². The maximum absolute atomic E-state index is 13.9. The van der Waals surface area contributed by atoms with Gasteiger partial charge in [-0.15, -0.1) is 0 Å². The molecule has 0 bridgehead atoms. The van der Waals surface area contributed by atoms with Crippen LogP contribution in [0.5, 0.6) is 0 Å². The first-order valence-corrected chi connectivity index (χ1v) is 9.22. The van der Waals surface area contributed by atoms with Crippen molar-refractivity contribution in [3.8, 4) is 0 Å². The molecule has 1 aromatic rings. The minimum absolute atomic E-state index is 0.119. The Labute approximate surface area is 149 Å². The fraction of sp³-hybridized carbons (Fsp3) is 0.632. The summed E-state index contributed by atoms with van der Waals surface area (Å²) in [6.07, 6.45) is 3.43. The zero-order valence-corrected chi connectivity index (χ0v) is 15.2. The number of nitrogens with zero attached hydrogens (tertiary/aromatic N) is 2. The van der Waals surface area contributed by atoms with E-state index in [1.54, 1.807) is 0 Å². The SMILES string of the molecule is CC(NC(=O)C1(N)CCCC1)c1cc(F)ccc1N1CCN(C)CC1. The third-order valence-electron chi connectivity index (χ3n) is 5.60. The molecule has 6 heteroatoms. The number of benzene rings is 1. The van der Waals surface area contributed by atoms with Crippen molar-refractivity contribution in [2.24, 2.45) is 5.73 Å². The molecule has 25 heavy (non-hydrogen) atoms. The predicted molar refractivity (Wildman–Crippen MR) is 98.1 cm³/mol. The van der Waals surface area contributed by atoms with E-state index in [0.29, 0.717) is 0 Å². The number of hydrogen-bond donors (Lipinski definition) is 2. The maximum atomic E-state index is 13.9. The lowest BCUT2D eigenvalue weighted by Crippen LogP contribution is -2.52. The zero-order chi connectivity index (χ0) is 18.0. The van der Waals surface area contributed by atoms with Crippen LogP contribution in [0.25, 0.3) is 0 Å². The molecule has 1 unspecified atom stereocenters. The van der Waals surface area contributed by atoms with Gasteiger partial charge in [0, 0.05) is 37.4 Å². The summed E-state index contributed by atoms with van der Waals surface area (Å²) >= 11 is 0. The van der Waals surface area contributed by atoms with Gasteiger partial charge in [0.1, 0.15) is 5.82 Å². The summed E-state index contributed by atoms with van der Waals surface area (Å²) in [5.41, 5.74) is 7.30. The molecular formula is C19H29FN4O. The van der Waals surface area contributed by atoms with Gasteiger partial charge < -0.3 is 20.9 Å². The van der Waals surface area contributed by atoms with Gasteiger partial charge in [0.05, 0.1) is 11.6 Å². The van der Waals surface area contributed by atoms with Crippen LogP contribution in [0.3, 0.4) is 0 Å². The lowest BCUT2D eigenvalue weighted by molar-refractivity contribution is -0.126. The topological polar surface area (TPSA) is 61.6 Å². The Balaban J connectivity index is 1.78. The molecule has 1 aromatic carbocycles. The summed E-state index contributed by atoms with van der Waals surface area (Å²) < 4.78 is 13.9. The normalized spacial score (nSPS) is 22.0. The first-order valence-electron chi connectivity index (χ1n) is 9.22. The number of carbonyl (C=O) groups is 1. The molecule has 1 heterocycles. The van der Waals surface area contributed by atoms with E-state index in [4.69, 9.17) is 5.73 Å². The van der Waals surface area contributed by atoms with Crippen molar-refractivity contribution in [1.82, 2.24) is 10.2 Å². The highest BCUT2D eigenvalue weighted by molar-refractivity contribution is 5.86. The van der Waals surface area contributed by atoms with Crippen LogP contribution in [0.15, 0.2) is 18.2 Å². The molecule has 5 nitrogen and oxygen atoms in total. The number of amides is 1. The standard InChI is InChI=1S/C19H29FN4O/c1-14(22-18(25)19(21)7-3-4-8-19)16-13-15(20)5-6-17(16)24-11-9-23(2)10-12-24/h5-6,13-14H,3-4,7-12,21H2,1-2H3,(H,22,25). The van der Waals surface area contributed by atoms with Crippen LogP contribution in [-0.2, 0) is 4.79 Å². The highest BCUT2D eigenvalue weighted by Crippen LogP contribution is 2.31. The van der Waals surface area contributed by atoms with Crippen molar-refractivity contribution >= 4 is 11.6 Å². The van der Waals surface area contributed by atoms with Crippen molar-refractivity contribution in [1.29, 1.82) is 0 Å². The lowest BCUT2D eigenvalue weighted by Gasteiger charge is -2.36. The number of carbonyl (C=O) groups excluding carboxylic acids is 1. The third kappa shape index (κ3) is 3.96. The minimum Gasteiger partial charge on any atom is -0.369 e. The number of hydrogen-bond acceptors (Lipinski definition) is 4. The number of anilines is 1. The highest BCUT2D eigenvalue weighted by Gasteiger charge is 2.37. The summed E-state index contributed by atoms with van der Waals surface area (Å²) in [5.74, 6) is -0.400. The van der Waals surface area contributed by atoms with E-state index in [-0.39, 0.29) is 17.8 Å². The monoisotopic (exact) mass is 348 g/mol. The second-order valence-electron chi connectivity index (χ2n) is 7.55. The molecular weight excluding hydrogens is 319 g/mol. The van der Waals surface area contributed by atoms with Crippen molar-refractivity contribution in [2.75, 3.05) is 38.1 Å². The van der Waals surface area contributed by atoms with Crippen LogP contribution in [0, 0.1) is 5.82 Å². The summed E-state index contributed by atoms with van der Waals surface area (Å²) in [6, 6.07) is 4.58. The predicted octanol–water partition coefficient (Wildman–Crippen LogP) is 2.03. The van der Waals surface area contributed by atoms with Crippen LogP contribution >= 0.6 is 0 Å². The van der Waals surface area contributed by atoms with Crippen LogP contribution in [0.1, 0.15) is 44.2 Å². The second-order valence-corrected chi connectivity index (χ2v) is 7.55. The Bertz CT molecular complexity index is 622. The third-order valence-corrected chi connectivity index (χ3v) is 5.60. The molecule has 1 saturated carbocycles. The second kappa shape index (κ2) is 7.30. The summed E-state index contributed by atoms with van der Waals surface area (Å²) in [4.78, 5) is 17.2. The van der Waals surface area contributed by atoms with Crippen LogP contribution in [0.4, 0.5) is 10.1 Å². The first kappa shape index (κ1) is 18.1. The molecule has 1 saturated heterocycles. The van der Waals surface area contributed by atoms with E-state index in [9.17, 15) is 9.18 Å². The molecule has 0 aromatic heterocycles. The van der Waals surface area contributed by atoms with Crippen molar-refractivity contribution in [2.45, 2.75) is 44.2 Å². The number of halogens is 1. The van der Waals surface area contributed by atoms with E-state index in [0.717, 1.165) is 63.1 Å². The van der Waals surface area contributed by atoms with E-state index < -0.39 is 5.54 Å². The molecule has 0 spiro atoms. The van der Waals surface area contributed by atoms with Crippen LogP contribution in [0.2, 0.25) is 0 Å². The summed E-state index contributed by atoms with van der Waals surface area (Å²) in [6.45, 7) is 5.66. The minimum atomic E-state index is -0.768. The first-order chi connectivity index (χ1) is 11.9. The molecule has 1 amide bonds. The van der Waals surface area contributed by atoms with E-state index in [1.807, 2.05) is 13.0 Å². The molecule has 2 aliphatic rings. The van der Waals surface area contributed by atoms with Gasteiger partial charge in [-0.1, -0.05) is 12.8 Å². The van der Waals surface area contributed by atoms with Gasteiger partial charge in [0.25, 0.3) is 0 Å². The summed E-state index contributed by atoms with van der Waals surface area (Å²) in [5, 5.41) is 3.03. The van der Waals surface area contributed by atoms with Crippen LogP contribution < -0.4 is 16.0 Å². The molecule has 2 fully saturated rings. The van der Waals surface area contributed by atoms with Crippen molar-refractivity contribution < 1.29 is 9.18 Å². The summed E-state index contributed by atoms with van der Waals surface area (Å²) in [7, 11) is 2.11. The van der Waals surface area contributed by atoms with Gasteiger partial charge in [0.15, 0.2) is 0 Å². The largest absolute Gasteiger partial charge is 0.369 e. The number of likely N-dealkylation sites (N-methyl/N-ethyl adjacent to an activating group) is 1. The highest BCUT2D eigenvalue weighted by atomic mass is 19.1. The van der Waals surface area contributed by atoms with Crippen molar-refractivity contribution in [3.63, 3.8) is 0 Å². The van der Waals surface area contributed by atoms with Gasteiger partial charge in [-0.05, 0) is 45.0 Å². The fourth-order valence-electron chi connectivity index (χ4n) is 3.86. The molecule has 3 N–H and O–H groups in total. The fourth-order valence-corrected chi connectivity index (χ4v) is 3.86. The maximum Gasteiger partial charge on any atom is 0.240 e. The molecule has 1 atom stereocenters. The van der Waals surface area contributed by atoms with Gasteiger partial charge in [-0.25, -0.2) is 4.39 Å². The van der Waals surface area contributed by atoms with Crippen molar-refractivity contribution in [3.05, 3.63) is 29.6 Å². The quantitative estimate of drug-likeness (QED) is 0.874. The zero-order valence-electron chi connectivity index (χ0n) is 15.2. The smallest absolute Gasteiger partial charge is 0.240 e.